The van der Waals surface area contributed by atoms with E-state index < -0.39 is 10.0 Å². The molecule has 0 aromatic heterocycles. The van der Waals surface area contributed by atoms with Gasteiger partial charge in [-0.15, -0.1) is 6.58 Å². The third kappa shape index (κ3) is 4.81. The third-order valence-electron chi connectivity index (χ3n) is 3.44. The SMILES string of the molecule is C=CCOC1CCN(S(=O)(=O)C=Cc2ccccc2)CC1. The zero-order valence-corrected chi connectivity index (χ0v) is 12.8. The van der Waals surface area contributed by atoms with Gasteiger partial charge in [-0.3, -0.25) is 0 Å². The number of hydrogen-bond donors (Lipinski definition) is 0. The van der Waals surface area contributed by atoms with Gasteiger partial charge < -0.3 is 4.74 Å². The van der Waals surface area contributed by atoms with Crippen LogP contribution in [0.1, 0.15) is 18.4 Å². The van der Waals surface area contributed by atoms with Gasteiger partial charge in [0.05, 0.1) is 12.7 Å². The summed E-state index contributed by atoms with van der Waals surface area (Å²) in [5.74, 6) is 0. The molecule has 0 amide bonds. The van der Waals surface area contributed by atoms with Gasteiger partial charge in [0.2, 0.25) is 10.0 Å². The molecule has 1 aliphatic rings. The fraction of sp³-hybridized carbons (Fsp3) is 0.375. The summed E-state index contributed by atoms with van der Waals surface area (Å²) >= 11 is 0. The van der Waals surface area contributed by atoms with Gasteiger partial charge in [-0.1, -0.05) is 36.4 Å². The highest BCUT2D eigenvalue weighted by atomic mass is 32.2. The first-order chi connectivity index (χ1) is 10.1. The van der Waals surface area contributed by atoms with Crippen molar-refractivity contribution in [2.75, 3.05) is 19.7 Å². The van der Waals surface area contributed by atoms with E-state index in [4.69, 9.17) is 4.74 Å². The van der Waals surface area contributed by atoms with Crippen LogP contribution in [0.2, 0.25) is 0 Å². The number of benzene rings is 1. The van der Waals surface area contributed by atoms with Crippen LogP contribution in [0.5, 0.6) is 0 Å². The molecule has 5 heteroatoms. The minimum atomic E-state index is -3.35. The lowest BCUT2D eigenvalue weighted by atomic mass is 10.1. The topological polar surface area (TPSA) is 46.6 Å². The normalized spacial score (nSPS) is 18.1. The van der Waals surface area contributed by atoms with Crippen LogP contribution in [0.15, 0.2) is 48.4 Å². The largest absolute Gasteiger partial charge is 0.374 e. The molecule has 1 aromatic carbocycles. The molecule has 0 saturated carbocycles. The van der Waals surface area contributed by atoms with E-state index in [0.29, 0.717) is 19.7 Å². The van der Waals surface area contributed by atoms with E-state index in [9.17, 15) is 8.42 Å². The van der Waals surface area contributed by atoms with Crippen molar-refractivity contribution >= 4 is 16.1 Å². The lowest BCUT2D eigenvalue weighted by Gasteiger charge is -2.30. The first-order valence-electron chi connectivity index (χ1n) is 7.07. The zero-order chi connectivity index (χ0) is 15.1. The number of nitrogens with zero attached hydrogens (tertiary/aromatic N) is 1. The van der Waals surface area contributed by atoms with Crippen molar-refractivity contribution in [2.45, 2.75) is 18.9 Å². The molecule has 0 atom stereocenters. The average molecular weight is 307 g/mol. The molecular weight excluding hydrogens is 286 g/mol. The predicted molar refractivity (Wildman–Crippen MR) is 85.1 cm³/mol. The van der Waals surface area contributed by atoms with E-state index in [-0.39, 0.29) is 6.10 Å². The summed E-state index contributed by atoms with van der Waals surface area (Å²) in [7, 11) is -3.35. The van der Waals surface area contributed by atoms with Gasteiger partial charge >= 0.3 is 0 Å². The molecule has 1 heterocycles. The van der Waals surface area contributed by atoms with Crippen LogP contribution in [0.25, 0.3) is 6.08 Å². The van der Waals surface area contributed by atoms with Crippen LogP contribution in [-0.2, 0) is 14.8 Å². The van der Waals surface area contributed by atoms with Gasteiger partial charge in [-0.25, -0.2) is 8.42 Å². The first-order valence-corrected chi connectivity index (χ1v) is 8.58. The summed E-state index contributed by atoms with van der Waals surface area (Å²) in [6.07, 6.45) is 4.94. The van der Waals surface area contributed by atoms with Crippen molar-refractivity contribution in [3.63, 3.8) is 0 Å². The Balaban J connectivity index is 1.92. The monoisotopic (exact) mass is 307 g/mol. The minimum Gasteiger partial charge on any atom is -0.374 e. The van der Waals surface area contributed by atoms with Crippen molar-refractivity contribution in [1.82, 2.24) is 4.31 Å². The molecular formula is C16H21NO3S. The van der Waals surface area contributed by atoms with Gasteiger partial charge in [0.25, 0.3) is 0 Å². The fourth-order valence-corrected chi connectivity index (χ4v) is 3.49. The van der Waals surface area contributed by atoms with Crippen LogP contribution in [-0.4, -0.2) is 38.5 Å². The predicted octanol–water partition coefficient (Wildman–Crippen LogP) is 2.65. The summed E-state index contributed by atoms with van der Waals surface area (Å²) < 4.78 is 31.6. The minimum absolute atomic E-state index is 0.132. The Morgan fingerprint density at radius 1 is 1.24 bits per heavy atom. The second-order valence-electron chi connectivity index (χ2n) is 4.98. The molecule has 0 bridgehead atoms. The van der Waals surface area contributed by atoms with Crippen molar-refractivity contribution in [3.8, 4) is 0 Å². The smallest absolute Gasteiger partial charge is 0.236 e. The Morgan fingerprint density at radius 3 is 2.52 bits per heavy atom. The van der Waals surface area contributed by atoms with Gasteiger partial charge in [-0.2, -0.15) is 4.31 Å². The molecule has 114 valence electrons. The second kappa shape index (κ2) is 7.54. The fourth-order valence-electron chi connectivity index (χ4n) is 2.27. The number of rotatable bonds is 6. The Bertz CT molecular complexity index is 573. The molecule has 0 unspecified atom stereocenters. The van der Waals surface area contributed by atoms with Crippen LogP contribution >= 0.6 is 0 Å². The molecule has 0 radical (unpaired) electrons. The number of piperidine rings is 1. The highest BCUT2D eigenvalue weighted by molar-refractivity contribution is 7.92. The van der Waals surface area contributed by atoms with E-state index in [0.717, 1.165) is 18.4 Å². The highest BCUT2D eigenvalue weighted by Crippen LogP contribution is 2.18. The molecule has 1 aromatic rings. The maximum absolute atomic E-state index is 12.3. The van der Waals surface area contributed by atoms with Crippen molar-refractivity contribution < 1.29 is 13.2 Å². The van der Waals surface area contributed by atoms with E-state index in [2.05, 4.69) is 6.58 Å². The van der Waals surface area contributed by atoms with E-state index in [1.807, 2.05) is 30.3 Å². The van der Waals surface area contributed by atoms with Crippen molar-refractivity contribution in [3.05, 3.63) is 54.0 Å². The van der Waals surface area contributed by atoms with Crippen LogP contribution in [0.4, 0.5) is 0 Å². The molecule has 2 rings (SSSR count). The van der Waals surface area contributed by atoms with E-state index in [1.165, 1.54) is 9.71 Å². The Kier molecular flexibility index (Phi) is 5.73. The van der Waals surface area contributed by atoms with Crippen molar-refractivity contribution in [1.29, 1.82) is 0 Å². The zero-order valence-electron chi connectivity index (χ0n) is 12.0. The number of ether oxygens (including phenoxy) is 1. The molecule has 0 spiro atoms. The Hall–Kier alpha value is -1.43. The summed E-state index contributed by atoms with van der Waals surface area (Å²) in [4.78, 5) is 0. The summed E-state index contributed by atoms with van der Waals surface area (Å²) in [5, 5.41) is 1.28. The van der Waals surface area contributed by atoms with Gasteiger partial charge in [-0.05, 0) is 24.5 Å². The van der Waals surface area contributed by atoms with Crippen LogP contribution < -0.4 is 0 Å². The maximum atomic E-state index is 12.3. The summed E-state index contributed by atoms with van der Waals surface area (Å²) in [5.41, 5.74) is 0.880. The second-order valence-corrected chi connectivity index (χ2v) is 6.80. The Morgan fingerprint density at radius 2 is 1.90 bits per heavy atom. The average Bonchev–Trinajstić information content (AvgIpc) is 2.52. The number of hydrogen-bond acceptors (Lipinski definition) is 3. The third-order valence-corrected chi connectivity index (χ3v) is 5.01. The molecule has 0 N–H and O–H groups in total. The maximum Gasteiger partial charge on any atom is 0.236 e. The molecule has 21 heavy (non-hydrogen) atoms. The highest BCUT2D eigenvalue weighted by Gasteiger charge is 2.26. The first kappa shape index (κ1) is 15.9. The lowest BCUT2D eigenvalue weighted by molar-refractivity contribution is 0.0383. The molecule has 1 saturated heterocycles. The van der Waals surface area contributed by atoms with E-state index >= 15 is 0 Å². The quantitative estimate of drug-likeness (QED) is 0.759. The summed E-state index contributed by atoms with van der Waals surface area (Å²) in [6.45, 7) is 5.14. The lowest BCUT2D eigenvalue weighted by Crippen LogP contribution is -2.39. The van der Waals surface area contributed by atoms with E-state index in [1.54, 1.807) is 12.2 Å². The van der Waals surface area contributed by atoms with Gasteiger partial charge in [0.1, 0.15) is 0 Å². The standard InChI is InChI=1S/C16H21NO3S/c1-2-13-20-16-8-11-17(12-9-16)21(18,19)14-10-15-6-4-3-5-7-15/h2-7,10,14,16H,1,8-9,11-13H2. The molecule has 1 aliphatic heterocycles. The van der Waals surface area contributed by atoms with Gasteiger partial charge in [0.15, 0.2) is 0 Å². The number of sulfonamides is 1. The van der Waals surface area contributed by atoms with Crippen molar-refractivity contribution in [2.24, 2.45) is 0 Å². The molecule has 4 nitrogen and oxygen atoms in total. The van der Waals surface area contributed by atoms with Crippen LogP contribution in [0, 0.1) is 0 Å². The molecule has 1 fully saturated rings. The Labute approximate surface area is 126 Å². The van der Waals surface area contributed by atoms with Crippen LogP contribution in [0.3, 0.4) is 0 Å². The summed E-state index contributed by atoms with van der Waals surface area (Å²) in [6, 6.07) is 9.42. The molecule has 0 aliphatic carbocycles. The van der Waals surface area contributed by atoms with Gasteiger partial charge in [0, 0.05) is 18.5 Å².